The molecule has 0 aromatic heterocycles. The second kappa shape index (κ2) is 8.77. The smallest absolute Gasteiger partial charge is 0.269 e. The van der Waals surface area contributed by atoms with Crippen molar-refractivity contribution in [1.82, 2.24) is 5.32 Å². The Morgan fingerprint density at radius 3 is 2.54 bits per heavy atom. The lowest BCUT2D eigenvalue weighted by molar-refractivity contribution is -0.384. The van der Waals surface area contributed by atoms with Crippen LogP contribution in [0.3, 0.4) is 0 Å². The Hall–Kier alpha value is -3.20. The third-order valence-corrected chi connectivity index (χ3v) is 3.55. The molecular weight excluding hydrogens is 358 g/mol. The van der Waals surface area contributed by atoms with Crippen LogP contribution >= 0.6 is 12.2 Å². The number of carbonyl (C=O) groups excluding carboxylic acids is 1. The predicted molar refractivity (Wildman–Crippen MR) is 101 cm³/mol. The van der Waals surface area contributed by atoms with Crippen LogP contribution in [0.25, 0.3) is 0 Å². The number of non-ortho nitro benzene ring substituents is 1. The highest BCUT2D eigenvalue weighted by Gasteiger charge is 2.11. The Morgan fingerprint density at radius 1 is 1.23 bits per heavy atom. The Morgan fingerprint density at radius 2 is 1.92 bits per heavy atom. The minimum Gasteiger partial charge on any atom is -0.493 e. The maximum atomic E-state index is 12.0. The van der Waals surface area contributed by atoms with E-state index in [4.69, 9.17) is 21.7 Å². The average Bonchev–Trinajstić information content (AvgIpc) is 2.61. The highest BCUT2D eigenvalue weighted by atomic mass is 32.1. The highest BCUT2D eigenvalue weighted by molar-refractivity contribution is 7.80. The summed E-state index contributed by atoms with van der Waals surface area (Å²) in [5.41, 5.74) is 1.17. The number of hydrogen-bond acceptors (Lipinski definition) is 6. The number of nitro benzene ring substituents is 1. The number of rotatable bonds is 6. The van der Waals surface area contributed by atoms with Crippen molar-refractivity contribution in [3.8, 4) is 11.5 Å². The maximum absolute atomic E-state index is 12.0. The van der Waals surface area contributed by atoms with Crippen LogP contribution in [0.5, 0.6) is 11.5 Å². The molecule has 8 nitrogen and oxygen atoms in total. The lowest BCUT2D eigenvalue weighted by Crippen LogP contribution is -2.37. The fraction of sp³-hybridized carbons (Fsp3) is 0.176. The molecule has 2 aromatic carbocycles. The van der Waals surface area contributed by atoms with Gasteiger partial charge in [0.2, 0.25) is 0 Å². The molecule has 0 radical (unpaired) electrons. The molecule has 2 N–H and O–H groups in total. The highest BCUT2D eigenvalue weighted by Crippen LogP contribution is 2.25. The molecule has 0 saturated heterocycles. The topological polar surface area (TPSA) is 103 Å². The second-order valence-corrected chi connectivity index (χ2v) is 5.61. The van der Waals surface area contributed by atoms with Gasteiger partial charge in [-0.1, -0.05) is 12.1 Å². The molecule has 0 spiro atoms. The molecule has 0 aliphatic carbocycles. The lowest BCUT2D eigenvalue weighted by Gasteiger charge is -2.13. The predicted octanol–water partition coefficient (Wildman–Crippen LogP) is 2.80. The minimum absolute atomic E-state index is 0.0202. The van der Waals surface area contributed by atoms with Crippen molar-refractivity contribution in [3.05, 3.63) is 58.1 Å². The van der Waals surface area contributed by atoms with Gasteiger partial charge in [-0.25, -0.2) is 0 Å². The largest absolute Gasteiger partial charge is 0.493 e. The summed E-state index contributed by atoms with van der Waals surface area (Å²) in [6.45, 7) is 1.45. The van der Waals surface area contributed by atoms with E-state index in [-0.39, 0.29) is 17.4 Å². The van der Waals surface area contributed by atoms with Crippen molar-refractivity contribution in [2.75, 3.05) is 19.0 Å². The molecule has 0 aliphatic heterocycles. The molecule has 0 atom stereocenters. The molecule has 0 heterocycles. The summed E-state index contributed by atoms with van der Waals surface area (Å²) in [6.07, 6.45) is 0. The van der Waals surface area contributed by atoms with Crippen molar-refractivity contribution in [1.29, 1.82) is 0 Å². The number of aryl methyl sites for hydroxylation is 1. The van der Waals surface area contributed by atoms with Crippen LogP contribution in [-0.2, 0) is 4.79 Å². The Balaban J connectivity index is 1.89. The Labute approximate surface area is 155 Å². The van der Waals surface area contributed by atoms with Crippen LogP contribution < -0.4 is 20.1 Å². The third-order valence-electron chi connectivity index (χ3n) is 3.35. The van der Waals surface area contributed by atoms with Gasteiger partial charge in [-0.3, -0.25) is 20.2 Å². The van der Waals surface area contributed by atoms with Gasteiger partial charge < -0.3 is 14.8 Å². The van der Waals surface area contributed by atoms with E-state index in [1.165, 1.54) is 25.3 Å². The van der Waals surface area contributed by atoms with Gasteiger partial charge in [-0.2, -0.15) is 0 Å². The van der Waals surface area contributed by atoms with Gasteiger partial charge in [0.1, 0.15) is 0 Å². The van der Waals surface area contributed by atoms with E-state index in [0.717, 1.165) is 0 Å². The number of hydrogen-bond donors (Lipinski definition) is 2. The van der Waals surface area contributed by atoms with E-state index in [0.29, 0.717) is 22.7 Å². The van der Waals surface area contributed by atoms with Gasteiger partial charge in [-0.05, 0) is 42.9 Å². The lowest BCUT2D eigenvalue weighted by atomic mass is 10.2. The number of amides is 1. The number of nitro groups is 1. The molecule has 136 valence electrons. The minimum atomic E-state index is -0.480. The Kier molecular flexibility index (Phi) is 6.45. The summed E-state index contributed by atoms with van der Waals surface area (Å²) in [6, 6.07) is 11.2. The molecule has 2 aromatic rings. The van der Waals surface area contributed by atoms with Crippen LogP contribution in [0.2, 0.25) is 0 Å². The van der Waals surface area contributed by atoms with Gasteiger partial charge in [0.05, 0.1) is 12.0 Å². The Bertz CT molecular complexity index is 841. The maximum Gasteiger partial charge on any atom is 0.269 e. The summed E-state index contributed by atoms with van der Waals surface area (Å²) >= 11 is 5.08. The van der Waals surface area contributed by atoms with E-state index in [1.54, 1.807) is 31.2 Å². The summed E-state index contributed by atoms with van der Waals surface area (Å²) < 4.78 is 10.5. The molecule has 0 unspecified atom stereocenters. The first-order chi connectivity index (χ1) is 12.4. The van der Waals surface area contributed by atoms with Gasteiger partial charge in [0.25, 0.3) is 11.6 Å². The van der Waals surface area contributed by atoms with Crippen molar-refractivity contribution in [2.45, 2.75) is 6.92 Å². The van der Waals surface area contributed by atoms with Gasteiger partial charge >= 0.3 is 0 Å². The van der Waals surface area contributed by atoms with Crippen molar-refractivity contribution in [2.24, 2.45) is 0 Å². The van der Waals surface area contributed by atoms with Crippen molar-refractivity contribution < 1.29 is 19.2 Å². The second-order valence-electron chi connectivity index (χ2n) is 5.20. The van der Waals surface area contributed by atoms with Crippen LogP contribution in [0, 0.1) is 17.0 Å². The zero-order chi connectivity index (χ0) is 19.1. The molecule has 26 heavy (non-hydrogen) atoms. The van der Waals surface area contributed by atoms with Crippen molar-refractivity contribution >= 4 is 34.6 Å². The van der Waals surface area contributed by atoms with E-state index in [9.17, 15) is 14.9 Å². The van der Waals surface area contributed by atoms with E-state index < -0.39 is 10.8 Å². The monoisotopic (exact) mass is 375 g/mol. The van der Waals surface area contributed by atoms with Crippen LogP contribution in [0.1, 0.15) is 5.56 Å². The summed E-state index contributed by atoms with van der Waals surface area (Å²) in [7, 11) is 1.51. The number of thiocarbonyl (C=S) groups is 1. The molecule has 0 fully saturated rings. The molecular formula is C17H17N3O5S. The number of carbonyl (C=O) groups is 1. The van der Waals surface area contributed by atoms with Gasteiger partial charge in [-0.15, -0.1) is 0 Å². The number of nitrogens with one attached hydrogen (secondary N) is 2. The molecule has 9 heteroatoms. The first-order valence-electron chi connectivity index (χ1n) is 7.52. The standard InChI is InChI=1S/C17H17N3O5S/c1-11-9-12(20(22)23)7-8-13(11)18-17(26)19-16(21)10-25-15-6-4-3-5-14(15)24-2/h3-9H,10H2,1-2H3,(H2,18,19,21,26). The first kappa shape index (κ1) is 19.1. The normalized spacial score (nSPS) is 9.92. The van der Waals surface area contributed by atoms with E-state index >= 15 is 0 Å². The van der Waals surface area contributed by atoms with E-state index in [2.05, 4.69) is 10.6 Å². The molecule has 0 saturated carbocycles. The SMILES string of the molecule is COc1ccccc1OCC(=O)NC(=S)Nc1ccc([N+](=O)[O-])cc1C. The summed E-state index contributed by atoms with van der Waals surface area (Å²) in [4.78, 5) is 22.2. The summed E-state index contributed by atoms with van der Waals surface area (Å²) in [5, 5.41) is 16.1. The average molecular weight is 375 g/mol. The van der Waals surface area contributed by atoms with Crippen LogP contribution in [0.15, 0.2) is 42.5 Å². The third kappa shape index (κ3) is 5.15. The zero-order valence-corrected chi connectivity index (χ0v) is 15.0. The molecule has 0 aliphatic rings. The fourth-order valence-corrected chi connectivity index (χ4v) is 2.32. The number of para-hydroxylation sites is 2. The molecule has 1 amide bonds. The van der Waals surface area contributed by atoms with Gasteiger partial charge in [0.15, 0.2) is 23.2 Å². The number of nitrogens with zero attached hydrogens (tertiary/aromatic N) is 1. The summed E-state index contributed by atoms with van der Waals surface area (Å²) in [5.74, 6) is 0.505. The zero-order valence-electron chi connectivity index (χ0n) is 14.1. The number of methoxy groups -OCH3 is 1. The van der Waals surface area contributed by atoms with Crippen LogP contribution in [0.4, 0.5) is 11.4 Å². The number of anilines is 1. The number of benzene rings is 2. The van der Waals surface area contributed by atoms with Crippen LogP contribution in [-0.4, -0.2) is 29.7 Å². The molecule has 2 rings (SSSR count). The first-order valence-corrected chi connectivity index (χ1v) is 7.93. The van der Waals surface area contributed by atoms with Gasteiger partial charge in [0, 0.05) is 17.8 Å². The quantitative estimate of drug-likeness (QED) is 0.455. The van der Waals surface area contributed by atoms with E-state index in [1.807, 2.05) is 0 Å². The number of ether oxygens (including phenoxy) is 2. The van der Waals surface area contributed by atoms with Crippen molar-refractivity contribution in [3.63, 3.8) is 0 Å². The fourth-order valence-electron chi connectivity index (χ4n) is 2.10. The molecule has 0 bridgehead atoms.